The number of rotatable bonds is 5. The lowest BCUT2D eigenvalue weighted by Crippen LogP contribution is -2.40. The smallest absolute Gasteiger partial charge is 0.189 e. The first-order valence-electron chi connectivity index (χ1n) is 10.8. The number of ether oxygens (including phenoxy) is 2. The van der Waals surface area contributed by atoms with Gasteiger partial charge in [-0.1, -0.05) is 30.3 Å². The van der Waals surface area contributed by atoms with Crippen LogP contribution in [-0.2, 0) is 0 Å². The number of fused-ring (bicyclic) bond motifs is 1. The van der Waals surface area contributed by atoms with Gasteiger partial charge in [-0.2, -0.15) is 0 Å². The minimum Gasteiger partial charge on any atom is -0.497 e. The Labute approximate surface area is 202 Å². The summed E-state index contributed by atoms with van der Waals surface area (Å²) < 4.78 is 11.1. The summed E-state index contributed by atoms with van der Waals surface area (Å²) >= 11 is 0. The summed E-state index contributed by atoms with van der Waals surface area (Å²) in [6, 6.07) is 17.0. The first-order valence-corrected chi connectivity index (χ1v) is 10.8. The van der Waals surface area contributed by atoms with Gasteiger partial charge in [0, 0.05) is 24.6 Å². The number of methoxy groups -OCH3 is 1. The molecule has 168 valence electrons. The number of benzene rings is 2. The van der Waals surface area contributed by atoms with Gasteiger partial charge in [-0.3, -0.25) is 9.89 Å². The molecule has 7 heteroatoms. The highest BCUT2D eigenvalue weighted by molar-refractivity contribution is 14.0. The van der Waals surface area contributed by atoms with Crippen molar-refractivity contribution >= 4 is 29.9 Å². The van der Waals surface area contributed by atoms with Crippen molar-refractivity contribution in [1.82, 2.24) is 10.2 Å². The molecule has 0 spiro atoms. The average Bonchev–Trinajstić information content (AvgIpc) is 2.78. The number of para-hydroxylation sites is 1. The Morgan fingerprint density at radius 2 is 1.97 bits per heavy atom. The van der Waals surface area contributed by atoms with Crippen molar-refractivity contribution in [2.75, 3.05) is 33.9 Å². The number of halogens is 1. The predicted octanol–water partition coefficient (Wildman–Crippen LogP) is 4.12. The fourth-order valence-corrected chi connectivity index (χ4v) is 4.71. The van der Waals surface area contributed by atoms with Gasteiger partial charge in [-0.15, -0.1) is 24.0 Å². The molecule has 2 aliphatic rings. The Kier molecular flexibility index (Phi) is 8.43. The van der Waals surface area contributed by atoms with Crippen LogP contribution in [0.3, 0.4) is 0 Å². The Balaban J connectivity index is 0.00000272. The van der Waals surface area contributed by atoms with Crippen LogP contribution in [0.25, 0.3) is 0 Å². The lowest BCUT2D eigenvalue weighted by Gasteiger charge is -2.39. The van der Waals surface area contributed by atoms with Crippen LogP contribution < -0.4 is 20.5 Å². The number of likely N-dealkylation sites (tertiary alicyclic amines) is 1. The van der Waals surface area contributed by atoms with Crippen LogP contribution in [0.2, 0.25) is 0 Å². The van der Waals surface area contributed by atoms with Gasteiger partial charge in [-0.25, -0.2) is 0 Å². The number of hydrogen-bond donors (Lipinski definition) is 2. The monoisotopic (exact) mass is 536 g/mol. The second kappa shape index (κ2) is 11.0. The summed E-state index contributed by atoms with van der Waals surface area (Å²) in [7, 11) is 3.90. The highest BCUT2D eigenvalue weighted by Gasteiger charge is 2.30. The molecule has 0 aromatic heterocycles. The molecular weight excluding hydrogens is 503 g/mol. The average molecular weight is 536 g/mol. The number of aliphatic imine (C=N–C) groups is 1. The number of nitrogens with zero attached hydrogens (tertiary/aromatic N) is 2. The maximum Gasteiger partial charge on any atom is 0.189 e. The molecule has 4 rings (SSSR count). The molecule has 0 aliphatic carbocycles. The lowest BCUT2D eigenvalue weighted by atomic mass is 9.85. The summed E-state index contributed by atoms with van der Waals surface area (Å²) in [5.74, 6) is 2.76. The summed E-state index contributed by atoms with van der Waals surface area (Å²) in [5.41, 5.74) is 8.76. The molecule has 0 saturated carbocycles. The van der Waals surface area contributed by atoms with E-state index in [9.17, 15) is 0 Å². The molecule has 1 fully saturated rings. The molecule has 3 N–H and O–H groups in total. The second-order valence-corrected chi connectivity index (χ2v) is 8.20. The molecule has 0 radical (unpaired) electrons. The quantitative estimate of drug-likeness (QED) is 0.342. The Hall–Kier alpha value is -2.00. The highest BCUT2D eigenvalue weighted by atomic mass is 127. The number of piperidine rings is 1. The van der Waals surface area contributed by atoms with E-state index in [0.717, 1.165) is 36.4 Å². The number of hydrogen-bond acceptors (Lipinski definition) is 4. The standard InChI is InChI=1S/C24H32N4O2.HI/c1-28-14-5-6-18(23(28)17-9-11-19(29-2)12-10-17)16-26-24(25)27-21-13-15-30-22-8-4-3-7-20(21)22;/h3-4,7-12,18,21,23H,5-6,13-16H2,1-2H3,(H3,25,26,27);1H. The summed E-state index contributed by atoms with van der Waals surface area (Å²) in [6.45, 7) is 2.50. The van der Waals surface area contributed by atoms with Crippen LogP contribution in [0, 0.1) is 5.92 Å². The minimum absolute atomic E-state index is 0. The van der Waals surface area contributed by atoms with E-state index in [-0.39, 0.29) is 30.0 Å². The van der Waals surface area contributed by atoms with Gasteiger partial charge < -0.3 is 20.5 Å². The number of nitrogens with two attached hydrogens (primary N) is 1. The van der Waals surface area contributed by atoms with E-state index >= 15 is 0 Å². The molecule has 1 saturated heterocycles. The van der Waals surface area contributed by atoms with Gasteiger partial charge in [0.15, 0.2) is 5.96 Å². The topological polar surface area (TPSA) is 72.1 Å². The van der Waals surface area contributed by atoms with E-state index in [2.05, 4.69) is 35.5 Å². The Morgan fingerprint density at radius 3 is 2.74 bits per heavy atom. The van der Waals surface area contributed by atoms with Gasteiger partial charge in [0.25, 0.3) is 0 Å². The van der Waals surface area contributed by atoms with Crippen LogP contribution >= 0.6 is 24.0 Å². The van der Waals surface area contributed by atoms with Crippen LogP contribution in [0.5, 0.6) is 11.5 Å². The van der Waals surface area contributed by atoms with Crippen molar-refractivity contribution in [3.05, 3.63) is 59.7 Å². The van der Waals surface area contributed by atoms with Crippen molar-refractivity contribution in [2.45, 2.75) is 31.3 Å². The normalized spacial score (nSPS) is 23.8. The zero-order valence-electron chi connectivity index (χ0n) is 18.3. The summed E-state index contributed by atoms with van der Waals surface area (Å²) in [6.07, 6.45) is 3.22. The molecule has 3 atom stereocenters. The molecule has 0 amide bonds. The predicted molar refractivity (Wildman–Crippen MR) is 135 cm³/mol. The van der Waals surface area contributed by atoms with E-state index in [0.29, 0.717) is 31.1 Å². The first-order chi connectivity index (χ1) is 14.7. The van der Waals surface area contributed by atoms with E-state index in [4.69, 9.17) is 20.2 Å². The molecule has 6 nitrogen and oxygen atoms in total. The number of guanidine groups is 1. The maximum absolute atomic E-state index is 6.30. The molecule has 0 bridgehead atoms. The van der Waals surface area contributed by atoms with Crippen molar-refractivity contribution in [2.24, 2.45) is 16.6 Å². The fraction of sp³-hybridized carbons (Fsp3) is 0.458. The lowest BCUT2D eigenvalue weighted by molar-refractivity contribution is 0.125. The zero-order valence-corrected chi connectivity index (χ0v) is 20.6. The van der Waals surface area contributed by atoms with Crippen molar-refractivity contribution in [3.63, 3.8) is 0 Å². The second-order valence-electron chi connectivity index (χ2n) is 8.20. The van der Waals surface area contributed by atoms with E-state index in [1.165, 1.54) is 12.0 Å². The Bertz CT molecular complexity index is 874. The molecule has 2 aliphatic heterocycles. The highest BCUT2D eigenvalue weighted by Crippen LogP contribution is 2.36. The van der Waals surface area contributed by atoms with Gasteiger partial charge >= 0.3 is 0 Å². The third-order valence-electron chi connectivity index (χ3n) is 6.24. The molecule has 2 aromatic carbocycles. The zero-order chi connectivity index (χ0) is 20.9. The largest absolute Gasteiger partial charge is 0.497 e. The molecule has 3 unspecified atom stereocenters. The maximum atomic E-state index is 6.30. The van der Waals surface area contributed by atoms with Crippen LogP contribution in [0.15, 0.2) is 53.5 Å². The third-order valence-corrected chi connectivity index (χ3v) is 6.24. The van der Waals surface area contributed by atoms with E-state index in [1.807, 2.05) is 30.3 Å². The van der Waals surface area contributed by atoms with Gasteiger partial charge in [0.05, 0.1) is 19.8 Å². The van der Waals surface area contributed by atoms with Gasteiger partial charge in [-0.05, 0) is 56.1 Å². The molecule has 2 heterocycles. The first kappa shape index (κ1) is 23.7. The van der Waals surface area contributed by atoms with Crippen molar-refractivity contribution < 1.29 is 9.47 Å². The minimum atomic E-state index is 0. The summed E-state index contributed by atoms with van der Waals surface area (Å²) in [5, 5.41) is 3.41. The Morgan fingerprint density at radius 1 is 1.19 bits per heavy atom. The third kappa shape index (κ3) is 5.63. The number of nitrogens with one attached hydrogen (secondary N) is 1. The van der Waals surface area contributed by atoms with Crippen LogP contribution in [0.1, 0.15) is 42.5 Å². The SMILES string of the molecule is COc1ccc(C2C(CN=C(N)NC3CCOc4ccccc43)CCCN2C)cc1.I. The van der Waals surface area contributed by atoms with Crippen molar-refractivity contribution in [1.29, 1.82) is 0 Å². The van der Waals surface area contributed by atoms with E-state index in [1.54, 1.807) is 7.11 Å². The van der Waals surface area contributed by atoms with Gasteiger partial charge in [0.1, 0.15) is 11.5 Å². The fourth-order valence-electron chi connectivity index (χ4n) is 4.71. The van der Waals surface area contributed by atoms with Gasteiger partial charge in [0.2, 0.25) is 0 Å². The van der Waals surface area contributed by atoms with Crippen LogP contribution in [0.4, 0.5) is 0 Å². The molecular formula is C24H33IN4O2. The van der Waals surface area contributed by atoms with E-state index < -0.39 is 0 Å². The van der Waals surface area contributed by atoms with Crippen LogP contribution in [-0.4, -0.2) is 44.7 Å². The molecule has 31 heavy (non-hydrogen) atoms. The molecule has 2 aromatic rings. The van der Waals surface area contributed by atoms with Crippen molar-refractivity contribution in [3.8, 4) is 11.5 Å². The summed E-state index contributed by atoms with van der Waals surface area (Å²) in [4.78, 5) is 7.18.